The van der Waals surface area contributed by atoms with Gasteiger partial charge in [-0.25, -0.2) is 4.39 Å². The van der Waals surface area contributed by atoms with E-state index in [-0.39, 0.29) is 11.3 Å². The molecule has 3 aromatic heterocycles. The van der Waals surface area contributed by atoms with Crippen molar-refractivity contribution in [1.82, 2.24) is 20.2 Å². The smallest absolute Gasteiger partial charge is 0.272 e. The zero-order valence-corrected chi connectivity index (χ0v) is 14.3. The Morgan fingerprint density at radius 2 is 1.96 bits per heavy atom. The van der Waals surface area contributed by atoms with Crippen LogP contribution in [0.3, 0.4) is 0 Å². The number of aromatic amines is 2. The second kappa shape index (κ2) is 5.38. The third kappa shape index (κ3) is 2.08. The Bertz CT molecular complexity index is 1430. The minimum Gasteiger partial charge on any atom is -0.394 e. The molecule has 27 heavy (non-hydrogen) atoms. The van der Waals surface area contributed by atoms with Crippen molar-refractivity contribution in [2.45, 2.75) is 6.92 Å². The molecule has 4 N–H and O–H groups in total. The topological polar surface area (TPSA) is 100 Å². The molecule has 0 radical (unpaired) electrons. The number of nitrogen functional groups attached to an aromatic ring is 1. The van der Waals surface area contributed by atoms with Crippen LogP contribution in [-0.2, 0) is 0 Å². The minimum absolute atomic E-state index is 0.0299. The van der Waals surface area contributed by atoms with Crippen molar-refractivity contribution in [3.05, 3.63) is 64.5 Å². The Morgan fingerprint density at radius 3 is 2.81 bits per heavy atom. The number of benzene rings is 2. The van der Waals surface area contributed by atoms with E-state index in [4.69, 9.17) is 5.73 Å². The van der Waals surface area contributed by atoms with Crippen molar-refractivity contribution in [2.75, 3.05) is 5.73 Å². The van der Waals surface area contributed by atoms with Crippen molar-refractivity contribution < 1.29 is 4.39 Å². The summed E-state index contributed by atoms with van der Waals surface area (Å²) >= 11 is 0. The molecule has 0 aliphatic heterocycles. The van der Waals surface area contributed by atoms with E-state index in [0.717, 1.165) is 16.5 Å². The van der Waals surface area contributed by atoms with Gasteiger partial charge in [0.2, 0.25) is 0 Å². The predicted molar refractivity (Wildman–Crippen MR) is 104 cm³/mol. The summed E-state index contributed by atoms with van der Waals surface area (Å²) in [6.07, 6.45) is 3.24. The summed E-state index contributed by atoms with van der Waals surface area (Å²) in [7, 11) is 0. The lowest BCUT2D eigenvalue weighted by Crippen LogP contribution is -2.14. The van der Waals surface area contributed by atoms with Gasteiger partial charge < -0.3 is 10.7 Å². The lowest BCUT2D eigenvalue weighted by Gasteiger charge is -2.14. The molecule has 132 valence electrons. The van der Waals surface area contributed by atoms with Crippen LogP contribution in [0.4, 0.5) is 10.1 Å². The standard InChI is InChI=1S/C20H14FN5O/c1-9-7-11-16(15-12-8-24-26-14(12)5-4-13(15)21)17(22)20(27)25-19(11)10-3-2-6-23-18(9)10/h2-8H,22H2,1H3,(H,24,26)(H,25,27). The van der Waals surface area contributed by atoms with Gasteiger partial charge in [0.15, 0.2) is 0 Å². The number of hydrogen-bond acceptors (Lipinski definition) is 4. The van der Waals surface area contributed by atoms with Crippen molar-refractivity contribution >= 4 is 38.4 Å². The Hall–Kier alpha value is -3.74. The molecular weight excluding hydrogens is 345 g/mol. The van der Waals surface area contributed by atoms with Gasteiger partial charge >= 0.3 is 0 Å². The molecule has 0 bridgehead atoms. The molecule has 0 unspecified atom stereocenters. The molecule has 6 nitrogen and oxygen atoms in total. The SMILES string of the molecule is Cc1cc2c(-c3c(F)ccc4[nH]ncc34)c(N)c(=O)[nH]c2c2cccnc12. The summed E-state index contributed by atoms with van der Waals surface area (Å²) in [4.78, 5) is 19.8. The van der Waals surface area contributed by atoms with Crippen molar-refractivity contribution in [1.29, 1.82) is 0 Å². The van der Waals surface area contributed by atoms with E-state index in [1.807, 2.05) is 19.1 Å². The Morgan fingerprint density at radius 1 is 1.11 bits per heavy atom. The molecule has 5 rings (SSSR count). The Balaban J connectivity index is 2.07. The fourth-order valence-corrected chi connectivity index (χ4v) is 3.71. The molecule has 7 heteroatoms. The van der Waals surface area contributed by atoms with Crippen molar-refractivity contribution in [2.24, 2.45) is 0 Å². The van der Waals surface area contributed by atoms with Gasteiger partial charge in [-0.2, -0.15) is 5.10 Å². The summed E-state index contributed by atoms with van der Waals surface area (Å²) in [5.41, 5.74) is 9.21. The van der Waals surface area contributed by atoms with Gasteiger partial charge in [-0.3, -0.25) is 14.9 Å². The number of anilines is 1. The third-order valence-corrected chi connectivity index (χ3v) is 4.93. The maximum atomic E-state index is 14.9. The zero-order valence-electron chi connectivity index (χ0n) is 14.3. The molecule has 0 saturated heterocycles. The molecule has 0 atom stereocenters. The monoisotopic (exact) mass is 359 g/mol. The summed E-state index contributed by atoms with van der Waals surface area (Å²) < 4.78 is 14.9. The molecule has 0 saturated carbocycles. The highest BCUT2D eigenvalue weighted by Crippen LogP contribution is 2.39. The second-order valence-electron chi connectivity index (χ2n) is 6.51. The van der Waals surface area contributed by atoms with Crippen LogP contribution in [0.5, 0.6) is 0 Å². The number of pyridine rings is 2. The lowest BCUT2D eigenvalue weighted by atomic mass is 9.94. The maximum Gasteiger partial charge on any atom is 0.272 e. The van der Waals surface area contributed by atoms with Crippen LogP contribution in [-0.4, -0.2) is 20.2 Å². The molecule has 5 aromatic rings. The van der Waals surface area contributed by atoms with Gasteiger partial charge in [0.25, 0.3) is 5.56 Å². The van der Waals surface area contributed by atoms with E-state index in [9.17, 15) is 9.18 Å². The van der Waals surface area contributed by atoms with Gasteiger partial charge in [0, 0.05) is 33.5 Å². The third-order valence-electron chi connectivity index (χ3n) is 4.93. The van der Waals surface area contributed by atoms with Gasteiger partial charge in [-0.1, -0.05) is 0 Å². The average Bonchev–Trinajstić information content (AvgIpc) is 3.14. The summed E-state index contributed by atoms with van der Waals surface area (Å²) in [6, 6.07) is 8.51. The fourth-order valence-electron chi connectivity index (χ4n) is 3.71. The molecular formula is C20H14FN5O. The minimum atomic E-state index is -0.466. The Kier molecular flexibility index (Phi) is 3.09. The first-order valence-corrected chi connectivity index (χ1v) is 8.38. The normalized spacial score (nSPS) is 11.6. The van der Waals surface area contributed by atoms with Crippen LogP contribution in [0.15, 0.2) is 47.5 Å². The first-order chi connectivity index (χ1) is 13.1. The van der Waals surface area contributed by atoms with Crippen LogP contribution in [0, 0.1) is 12.7 Å². The van der Waals surface area contributed by atoms with Gasteiger partial charge in [-0.05, 0) is 42.8 Å². The van der Waals surface area contributed by atoms with E-state index < -0.39 is 11.4 Å². The summed E-state index contributed by atoms with van der Waals surface area (Å²) in [6.45, 7) is 1.93. The zero-order chi connectivity index (χ0) is 18.7. The van der Waals surface area contributed by atoms with Crippen LogP contribution >= 0.6 is 0 Å². The van der Waals surface area contributed by atoms with E-state index in [0.29, 0.717) is 27.4 Å². The van der Waals surface area contributed by atoms with E-state index in [1.54, 1.807) is 18.3 Å². The molecule has 0 aliphatic carbocycles. The number of H-pyrrole nitrogens is 2. The quantitative estimate of drug-likeness (QED) is 0.398. The number of nitrogens with two attached hydrogens (primary N) is 1. The number of aryl methyl sites for hydroxylation is 1. The van der Waals surface area contributed by atoms with Crippen LogP contribution in [0.2, 0.25) is 0 Å². The predicted octanol–water partition coefficient (Wildman–Crippen LogP) is 3.65. The average molecular weight is 359 g/mol. The number of fused-ring (bicyclic) bond motifs is 4. The number of nitrogens with one attached hydrogen (secondary N) is 2. The van der Waals surface area contributed by atoms with Crippen molar-refractivity contribution in [3.63, 3.8) is 0 Å². The molecule has 0 spiro atoms. The maximum absolute atomic E-state index is 14.9. The number of hydrogen-bond donors (Lipinski definition) is 3. The molecule has 0 amide bonds. The summed E-state index contributed by atoms with van der Waals surface area (Å²) in [5.74, 6) is -0.466. The van der Waals surface area contributed by atoms with Gasteiger partial charge in [0.1, 0.15) is 11.5 Å². The number of rotatable bonds is 1. The second-order valence-corrected chi connectivity index (χ2v) is 6.51. The highest BCUT2D eigenvalue weighted by Gasteiger charge is 2.20. The lowest BCUT2D eigenvalue weighted by molar-refractivity contribution is 0.633. The molecule has 0 fully saturated rings. The Labute approximate surface area is 151 Å². The molecule has 3 heterocycles. The van der Waals surface area contributed by atoms with E-state index in [2.05, 4.69) is 20.2 Å². The molecule has 0 aliphatic rings. The molecule has 2 aromatic carbocycles. The van der Waals surface area contributed by atoms with E-state index >= 15 is 0 Å². The number of aromatic nitrogens is 4. The largest absolute Gasteiger partial charge is 0.394 e. The van der Waals surface area contributed by atoms with Gasteiger partial charge in [-0.15, -0.1) is 0 Å². The van der Waals surface area contributed by atoms with Crippen molar-refractivity contribution in [3.8, 4) is 11.1 Å². The highest BCUT2D eigenvalue weighted by molar-refractivity contribution is 6.14. The fraction of sp³-hybridized carbons (Fsp3) is 0.0500. The first-order valence-electron chi connectivity index (χ1n) is 8.38. The number of nitrogens with zero attached hydrogens (tertiary/aromatic N) is 2. The van der Waals surface area contributed by atoms with Crippen LogP contribution in [0.25, 0.3) is 43.8 Å². The summed E-state index contributed by atoms with van der Waals surface area (Å²) in [5, 5.41) is 8.84. The number of halogens is 1. The highest BCUT2D eigenvalue weighted by atomic mass is 19.1. The van der Waals surface area contributed by atoms with Crippen LogP contribution < -0.4 is 11.3 Å². The van der Waals surface area contributed by atoms with Gasteiger partial charge in [0.05, 0.1) is 22.7 Å². The van der Waals surface area contributed by atoms with Crippen LogP contribution in [0.1, 0.15) is 5.56 Å². The first kappa shape index (κ1) is 15.5. The van der Waals surface area contributed by atoms with E-state index in [1.165, 1.54) is 12.3 Å².